The van der Waals surface area contributed by atoms with E-state index in [0.29, 0.717) is 10.7 Å². The standard InChI is InChI=1S/C14H15ClN2O3/c1-8(2)16(3)12(18)7-17-11-5-4-9(15)6-10(11)13(19)14(17)20/h4-6,8H,7H2,1-3H3. The highest BCUT2D eigenvalue weighted by molar-refractivity contribution is 6.53. The fourth-order valence-electron chi connectivity index (χ4n) is 1.96. The largest absolute Gasteiger partial charge is 0.342 e. The molecule has 0 aliphatic carbocycles. The van der Waals surface area contributed by atoms with Crippen LogP contribution in [0.2, 0.25) is 5.02 Å². The van der Waals surface area contributed by atoms with Gasteiger partial charge in [0.2, 0.25) is 5.91 Å². The number of amides is 2. The van der Waals surface area contributed by atoms with Crippen LogP contribution >= 0.6 is 11.6 Å². The van der Waals surface area contributed by atoms with Crippen molar-refractivity contribution in [1.29, 1.82) is 0 Å². The van der Waals surface area contributed by atoms with Crippen LogP contribution in [0.25, 0.3) is 0 Å². The molecule has 1 heterocycles. The Hall–Kier alpha value is -1.88. The monoisotopic (exact) mass is 294 g/mol. The Morgan fingerprint density at radius 1 is 1.35 bits per heavy atom. The van der Waals surface area contributed by atoms with Gasteiger partial charge in [0.25, 0.3) is 11.7 Å². The van der Waals surface area contributed by atoms with Crippen molar-refractivity contribution in [3.8, 4) is 0 Å². The fourth-order valence-corrected chi connectivity index (χ4v) is 2.14. The number of Topliss-reactive ketones (excluding diaryl/α,β-unsaturated/α-hetero) is 1. The molecule has 5 nitrogen and oxygen atoms in total. The van der Waals surface area contributed by atoms with E-state index in [4.69, 9.17) is 11.6 Å². The molecule has 1 aliphatic rings. The number of carbonyl (C=O) groups excluding carboxylic acids is 3. The van der Waals surface area contributed by atoms with Gasteiger partial charge in [-0.25, -0.2) is 0 Å². The molecule has 1 aromatic carbocycles. The summed E-state index contributed by atoms with van der Waals surface area (Å²) in [5.41, 5.74) is 0.692. The van der Waals surface area contributed by atoms with E-state index < -0.39 is 11.7 Å². The SMILES string of the molecule is CC(C)N(C)C(=O)CN1C(=O)C(=O)c2cc(Cl)ccc21. The van der Waals surface area contributed by atoms with Crippen LogP contribution in [0.1, 0.15) is 24.2 Å². The molecule has 0 radical (unpaired) electrons. The Bertz CT molecular complexity index is 598. The summed E-state index contributed by atoms with van der Waals surface area (Å²) in [5.74, 6) is -1.53. The first-order chi connectivity index (χ1) is 9.32. The van der Waals surface area contributed by atoms with Gasteiger partial charge >= 0.3 is 0 Å². The van der Waals surface area contributed by atoms with Crippen LogP contribution in [-0.2, 0) is 9.59 Å². The predicted molar refractivity (Wildman–Crippen MR) is 76.0 cm³/mol. The fraction of sp³-hybridized carbons (Fsp3) is 0.357. The maximum Gasteiger partial charge on any atom is 0.299 e. The number of benzene rings is 1. The minimum atomic E-state index is -0.687. The number of ketones is 1. The summed E-state index contributed by atoms with van der Waals surface area (Å²) < 4.78 is 0. The molecule has 20 heavy (non-hydrogen) atoms. The molecule has 0 N–H and O–H groups in total. The van der Waals surface area contributed by atoms with E-state index in [9.17, 15) is 14.4 Å². The second-order valence-electron chi connectivity index (χ2n) is 4.98. The zero-order chi connectivity index (χ0) is 15.0. The van der Waals surface area contributed by atoms with Crippen molar-refractivity contribution >= 4 is 34.9 Å². The predicted octanol–water partition coefficient (Wildman–Crippen LogP) is 1.74. The summed E-state index contributed by atoms with van der Waals surface area (Å²) in [7, 11) is 1.66. The van der Waals surface area contributed by atoms with E-state index in [1.807, 2.05) is 13.8 Å². The molecule has 1 aromatic rings. The minimum absolute atomic E-state index is 0.0283. The van der Waals surface area contributed by atoms with Crippen LogP contribution in [0.5, 0.6) is 0 Å². The average Bonchev–Trinajstić information content (AvgIpc) is 2.62. The zero-order valence-electron chi connectivity index (χ0n) is 11.5. The van der Waals surface area contributed by atoms with Crippen LogP contribution in [0.15, 0.2) is 18.2 Å². The number of hydrogen-bond acceptors (Lipinski definition) is 3. The van der Waals surface area contributed by atoms with Crippen molar-refractivity contribution in [3.05, 3.63) is 28.8 Å². The summed E-state index contributed by atoms with van der Waals surface area (Å²) in [4.78, 5) is 38.6. The molecule has 0 saturated carbocycles. The third-order valence-corrected chi connectivity index (χ3v) is 3.63. The van der Waals surface area contributed by atoms with Crippen molar-refractivity contribution in [1.82, 2.24) is 4.90 Å². The molecule has 0 saturated heterocycles. The van der Waals surface area contributed by atoms with Crippen molar-refractivity contribution in [2.75, 3.05) is 18.5 Å². The normalized spacial score (nSPS) is 13.9. The molecule has 1 aliphatic heterocycles. The third kappa shape index (κ3) is 2.41. The summed E-state index contributed by atoms with van der Waals surface area (Å²) in [6, 6.07) is 4.66. The highest BCUT2D eigenvalue weighted by Crippen LogP contribution is 2.31. The second-order valence-corrected chi connectivity index (χ2v) is 5.42. The molecule has 2 amide bonds. The molecule has 0 bridgehead atoms. The molecular weight excluding hydrogens is 280 g/mol. The maximum atomic E-state index is 12.1. The number of nitrogens with zero attached hydrogens (tertiary/aromatic N) is 2. The number of carbonyl (C=O) groups is 3. The molecule has 2 rings (SSSR count). The summed E-state index contributed by atoms with van der Waals surface area (Å²) >= 11 is 5.82. The number of anilines is 1. The van der Waals surface area contributed by atoms with Gasteiger partial charge < -0.3 is 4.90 Å². The van der Waals surface area contributed by atoms with Gasteiger partial charge in [-0.3, -0.25) is 19.3 Å². The lowest BCUT2D eigenvalue weighted by Gasteiger charge is -2.24. The highest BCUT2D eigenvalue weighted by Gasteiger charge is 2.37. The van der Waals surface area contributed by atoms with Gasteiger partial charge in [0, 0.05) is 18.1 Å². The van der Waals surface area contributed by atoms with Gasteiger partial charge in [-0.2, -0.15) is 0 Å². The lowest BCUT2D eigenvalue weighted by molar-refractivity contribution is -0.131. The molecule has 106 valence electrons. The molecule has 0 fully saturated rings. The topological polar surface area (TPSA) is 57.7 Å². The van der Waals surface area contributed by atoms with Gasteiger partial charge in [0.15, 0.2) is 0 Å². The number of rotatable bonds is 3. The lowest BCUT2D eigenvalue weighted by atomic mass is 10.1. The van der Waals surface area contributed by atoms with Crippen LogP contribution in [-0.4, -0.2) is 42.1 Å². The first-order valence-corrected chi connectivity index (χ1v) is 6.62. The van der Waals surface area contributed by atoms with Gasteiger partial charge in [-0.15, -0.1) is 0 Å². The van der Waals surface area contributed by atoms with E-state index in [-0.39, 0.29) is 24.1 Å². The molecule has 0 atom stereocenters. The Kier molecular flexibility index (Phi) is 3.81. The molecular formula is C14H15ClN2O3. The van der Waals surface area contributed by atoms with E-state index in [2.05, 4.69) is 0 Å². The van der Waals surface area contributed by atoms with Gasteiger partial charge in [0.1, 0.15) is 6.54 Å². The number of fused-ring (bicyclic) bond motifs is 1. The summed E-state index contributed by atoms with van der Waals surface area (Å²) in [6.45, 7) is 3.61. The molecule has 0 aromatic heterocycles. The van der Waals surface area contributed by atoms with Crippen molar-refractivity contribution < 1.29 is 14.4 Å². The van der Waals surface area contributed by atoms with Crippen LogP contribution in [0, 0.1) is 0 Å². The van der Waals surface area contributed by atoms with E-state index in [0.717, 1.165) is 0 Å². The smallest absolute Gasteiger partial charge is 0.299 e. The molecule has 6 heteroatoms. The number of likely N-dealkylation sites (N-methyl/N-ethyl adjacent to an activating group) is 1. The Labute approximate surface area is 122 Å². The number of halogens is 1. The van der Waals surface area contributed by atoms with Crippen LogP contribution < -0.4 is 4.90 Å². The van der Waals surface area contributed by atoms with Crippen molar-refractivity contribution in [2.45, 2.75) is 19.9 Å². The van der Waals surface area contributed by atoms with E-state index >= 15 is 0 Å². The summed E-state index contributed by atoms with van der Waals surface area (Å²) in [5, 5.41) is 0.386. The summed E-state index contributed by atoms with van der Waals surface area (Å²) in [6.07, 6.45) is 0. The number of hydrogen-bond donors (Lipinski definition) is 0. The first kappa shape index (κ1) is 14.5. The Morgan fingerprint density at radius 3 is 2.60 bits per heavy atom. The zero-order valence-corrected chi connectivity index (χ0v) is 12.3. The molecule has 0 unspecified atom stereocenters. The van der Waals surface area contributed by atoms with Crippen LogP contribution in [0.3, 0.4) is 0 Å². The Balaban J connectivity index is 2.29. The lowest BCUT2D eigenvalue weighted by Crippen LogP contribution is -2.43. The van der Waals surface area contributed by atoms with E-state index in [1.165, 1.54) is 15.9 Å². The minimum Gasteiger partial charge on any atom is -0.342 e. The van der Waals surface area contributed by atoms with Crippen molar-refractivity contribution in [2.24, 2.45) is 0 Å². The first-order valence-electron chi connectivity index (χ1n) is 6.24. The average molecular weight is 295 g/mol. The van der Waals surface area contributed by atoms with E-state index in [1.54, 1.807) is 19.2 Å². The molecule has 0 spiro atoms. The Morgan fingerprint density at radius 2 is 2.00 bits per heavy atom. The quantitative estimate of drug-likeness (QED) is 0.798. The highest BCUT2D eigenvalue weighted by atomic mass is 35.5. The van der Waals surface area contributed by atoms with Gasteiger partial charge in [-0.05, 0) is 32.0 Å². The van der Waals surface area contributed by atoms with Crippen molar-refractivity contribution in [3.63, 3.8) is 0 Å². The second kappa shape index (κ2) is 5.25. The maximum absolute atomic E-state index is 12.1. The van der Waals surface area contributed by atoms with Gasteiger partial charge in [-0.1, -0.05) is 11.6 Å². The van der Waals surface area contributed by atoms with Gasteiger partial charge in [0.05, 0.1) is 11.3 Å². The third-order valence-electron chi connectivity index (χ3n) is 3.39. The van der Waals surface area contributed by atoms with Crippen LogP contribution in [0.4, 0.5) is 5.69 Å².